The first-order chi connectivity index (χ1) is 11.7. The zero-order valence-corrected chi connectivity index (χ0v) is 15.2. The highest BCUT2D eigenvalue weighted by molar-refractivity contribution is 6.30. The average Bonchev–Trinajstić information content (AvgIpc) is 2.63. The van der Waals surface area contributed by atoms with Crippen LogP contribution in [0.25, 0.3) is 0 Å². The maximum absolute atomic E-state index is 12.6. The molecule has 3 nitrogen and oxygen atoms in total. The van der Waals surface area contributed by atoms with Crippen molar-refractivity contribution < 1.29 is 4.79 Å². The fourth-order valence-electron chi connectivity index (χ4n) is 4.28. The molecule has 0 saturated heterocycles. The summed E-state index contributed by atoms with van der Waals surface area (Å²) in [7, 11) is 0. The summed E-state index contributed by atoms with van der Waals surface area (Å²) in [6.07, 6.45) is 13.0. The van der Waals surface area contributed by atoms with Crippen LogP contribution < -0.4 is 5.32 Å². The third-order valence-electron chi connectivity index (χ3n) is 5.54. The molecule has 4 heteroatoms. The summed E-state index contributed by atoms with van der Waals surface area (Å²) in [4.78, 5) is 15.1. The van der Waals surface area contributed by atoms with Gasteiger partial charge in [-0.3, -0.25) is 9.69 Å². The van der Waals surface area contributed by atoms with E-state index in [1.54, 1.807) is 0 Å². The number of benzene rings is 1. The summed E-state index contributed by atoms with van der Waals surface area (Å²) >= 11 is 5.91. The van der Waals surface area contributed by atoms with Crippen LogP contribution in [0, 0.1) is 0 Å². The van der Waals surface area contributed by atoms with E-state index in [4.69, 9.17) is 11.6 Å². The molecular weight excluding hydrogens is 320 g/mol. The third kappa shape index (κ3) is 4.97. The van der Waals surface area contributed by atoms with Crippen molar-refractivity contribution in [2.24, 2.45) is 0 Å². The van der Waals surface area contributed by atoms with Crippen molar-refractivity contribution in [2.45, 2.75) is 76.3 Å². The number of hydrogen-bond acceptors (Lipinski definition) is 2. The second-order valence-corrected chi connectivity index (χ2v) is 7.75. The van der Waals surface area contributed by atoms with Gasteiger partial charge in [0, 0.05) is 22.8 Å². The van der Waals surface area contributed by atoms with Gasteiger partial charge in [0.25, 0.3) is 0 Å². The Morgan fingerprint density at radius 2 is 1.42 bits per heavy atom. The predicted molar refractivity (Wildman–Crippen MR) is 101 cm³/mol. The van der Waals surface area contributed by atoms with Crippen LogP contribution in [0.3, 0.4) is 0 Å². The number of rotatable bonds is 5. The molecule has 0 unspecified atom stereocenters. The molecule has 3 rings (SSSR count). The van der Waals surface area contributed by atoms with Gasteiger partial charge >= 0.3 is 0 Å². The van der Waals surface area contributed by atoms with Gasteiger partial charge in [0.1, 0.15) is 0 Å². The van der Waals surface area contributed by atoms with Crippen molar-refractivity contribution in [1.82, 2.24) is 4.90 Å². The van der Waals surface area contributed by atoms with Gasteiger partial charge < -0.3 is 5.32 Å². The summed E-state index contributed by atoms with van der Waals surface area (Å²) in [5.41, 5.74) is 0.830. The van der Waals surface area contributed by atoms with Gasteiger partial charge in [-0.1, -0.05) is 50.1 Å². The van der Waals surface area contributed by atoms with Gasteiger partial charge in [0.2, 0.25) is 5.91 Å². The van der Waals surface area contributed by atoms with E-state index in [9.17, 15) is 4.79 Å². The Balaban J connectivity index is 1.63. The number of nitrogens with zero attached hydrogens (tertiary/aromatic N) is 1. The molecule has 2 fully saturated rings. The van der Waals surface area contributed by atoms with Crippen LogP contribution in [-0.2, 0) is 4.79 Å². The molecule has 2 aliphatic carbocycles. The highest BCUT2D eigenvalue weighted by Crippen LogP contribution is 2.30. The van der Waals surface area contributed by atoms with Crippen LogP contribution in [-0.4, -0.2) is 29.4 Å². The monoisotopic (exact) mass is 348 g/mol. The van der Waals surface area contributed by atoms with Crippen molar-refractivity contribution in [3.05, 3.63) is 29.3 Å². The molecule has 2 saturated carbocycles. The molecule has 0 atom stereocenters. The zero-order chi connectivity index (χ0) is 16.8. The van der Waals surface area contributed by atoms with E-state index in [0.717, 1.165) is 5.69 Å². The lowest BCUT2D eigenvalue weighted by Crippen LogP contribution is -2.48. The third-order valence-corrected chi connectivity index (χ3v) is 5.79. The maximum atomic E-state index is 12.6. The van der Waals surface area contributed by atoms with Crippen LogP contribution in [0.2, 0.25) is 5.02 Å². The van der Waals surface area contributed by atoms with E-state index in [1.807, 2.05) is 24.3 Å². The Morgan fingerprint density at radius 1 is 0.917 bits per heavy atom. The second kappa shape index (κ2) is 8.87. The van der Waals surface area contributed by atoms with Crippen molar-refractivity contribution in [2.75, 3.05) is 11.9 Å². The summed E-state index contributed by atoms with van der Waals surface area (Å²) in [5.74, 6) is 0.105. The lowest BCUT2D eigenvalue weighted by atomic mass is 9.88. The van der Waals surface area contributed by atoms with Gasteiger partial charge in [0.05, 0.1) is 6.54 Å². The number of carbonyl (C=O) groups excluding carboxylic acids is 1. The first kappa shape index (κ1) is 17.8. The smallest absolute Gasteiger partial charge is 0.238 e. The number of nitrogens with one attached hydrogen (secondary N) is 1. The van der Waals surface area contributed by atoms with Gasteiger partial charge in [-0.25, -0.2) is 0 Å². The summed E-state index contributed by atoms with van der Waals surface area (Å²) < 4.78 is 0. The molecule has 0 heterocycles. The summed E-state index contributed by atoms with van der Waals surface area (Å²) in [6, 6.07) is 8.56. The number of halogens is 1. The van der Waals surface area contributed by atoms with Gasteiger partial charge in [-0.2, -0.15) is 0 Å². The summed E-state index contributed by atoms with van der Waals surface area (Å²) in [5, 5.41) is 3.73. The van der Waals surface area contributed by atoms with Crippen LogP contribution in [0.5, 0.6) is 0 Å². The maximum Gasteiger partial charge on any atom is 0.238 e. The van der Waals surface area contributed by atoms with E-state index in [1.165, 1.54) is 64.2 Å². The van der Waals surface area contributed by atoms with Crippen molar-refractivity contribution in [3.8, 4) is 0 Å². The van der Waals surface area contributed by atoms with E-state index in [2.05, 4.69) is 10.2 Å². The van der Waals surface area contributed by atoms with E-state index in [0.29, 0.717) is 23.7 Å². The SMILES string of the molecule is O=C(CN(C1CCCCC1)C1CCCCC1)Nc1ccc(Cl)cc1. The standard InChI is InChI=1S/C20H29ClN2O/c21-16-11-13-17(14-12-16)22-20(24)15-23(18-7-3-1-4-8-18)19-9-5-2-6-10-19/h11-14,18-19H,1-10,15H2,(H,22,24). The summed E-state index contributed by atoms with van der Waals surface area (Å²) in [6.45, 7) is 0.526. The van der Waals surface area contributed by atoms with E-state index in [-0.39, 0.29) is 5.91 Å². The molecule has 0 aromatic heterocycles. The molecule has 132 valence electrons. The fraction of sp³-hybridized carbons (Fsp3) is 0.650. The number of amides is 1. The van der Waals surface area contributed by atoms with Crippen molar-refractivity contribution >= 4 is 23.2 Å². The topological polar surface area (TPSA) is 32.3 Å². The number of hydrogen-bond donors (Lipinski definition) is 1. The molecule has 1 N–H and O–H groups in total. The van der Waals surface area contributed by atoms with E-state index >= 15 is 0 Å². The fourth-order valence-corrected chi connectivity index (χ4v) is 4.41. The lowest BCUT2D eigenvalue weighted by Gasteiger charge is -2.41. The molecule has 0 bridgehead atoms. The largest absolute Gasteiger partial charge is 0.325 e. The minimum atomic E-state index is 0.105. The van der Waals surface area contributed by atoms with Crippen molar-refractivity contribution in [1.29, 1.82) is 0 Å². The van der Waals surface area contributed by atoms with Crippen LogP contribution in [0.15, 0.2) is 24.3 Å². The second-order valence-electron chi connectivity index (χ2n) is 7.31. The number of anilines is 1. The van der Waals surface area contributed by atoms with E-state index < -0.39 is 0 Å². The molecule has 1 amide bonds. The van der Waals surface area contributed by atoms with Crippen LogP contribution >= 0.6 is 11.6 Å². The Hall–Kier alpha value is -1.06. The molecule has 0 spiro atoms. The average molecular weight is 349 g/mol. The Bertz CT molecular complexity index is 501. The highest BCUT2D eigenvalue weighted by atomic mass is 35.5. The first-order valence-electron chi connectivity index (χ1n) is 9.53. The van der Waals surface area contributed by atoms with Crippen LogP contribution in [0.4, 0.5) is 5.69 Å². The first-order valence-corrected chi connectivity index (χ1v) is 9.91. The highest BCUT2D eigenvalue weighted by Gasteiger charge is 2.30. The molecular formula is C20H29ClN2O. The van der Waals surface area contributed by atoms with Gasteiger partial charge in [-0.05, 0) is 49.9 Å². The quantitative estimate of drug-likeness (QED) is 0.788. The molecule has 1 aromatic rings. The minimum absolute atomic E-state index is 0.105. The molecule has 0 radical (unpaired) electrons. The molecule has 1 aromatic carbocycles. The minimum Gasteiger partial charge on any atom is -0.325 e. The molecule has 2 aliphatic rings. The van der Waals surface area contributed by atoms with Gasteiger partial charge in [0.15, 0.2) is 0 Å². The molecule has 24 heavy (non-hydrogen) atoms. The normalized spacial score (nSPS) is 20.2. The Morgan fingerprint density at radius 3 is 1.92 bits per heavy atom. The number of carbonyl (C=O) groups is 1. The van der Waals surface area contributed by atoms with Gasteiger partial charge in [-0.15, -0.1) is 0 Å². The Labute approximate surface area is 150 Å². The predicted octanol–water partition coefficient (Wildman–Crippen LogP) is 5.25. The van der Waals surface area contributed by atoms with Crippen LogP contribution in [0.1, 0.15) is 64.2 Å². The van der Waals surface area contributed by atoms with Crippen molar-refractivity contribution in [3.63, 3.8) is 0 Å². The zero-order valence-electron chi connectivity index (χ0n) is 14.5. The lowest BCUT2D eigenvalue weighted by molar-refractivity contribution is -0.119. The molecule has 0 aliphatic heterocycles. The Kier molecular flexibility index (Phi) is 6.56.